The SMILES string of the molecule is Cc1csc(N/C(=C(/Cc2ccc(S(N)(=O)=O)cc2)C(=N)c2cccc(-c3ccccc3)c2)C(F)(F)F)n1. The monoisotopic (exact) mass is 556 g/mol. The van der Waals surface area contributed by atoms with E-state index in [9.17, 15) is 21.6 Å². The van der Waals surface area contributed by atoms with Crippen molar-refractivity contribution < 1.29 is 21.6 Å². The first-order chi connectivity index (χ1) is 17.9. The van der Waals surface area contributed by atoms with E-state index in [1.807, 2.05) is 36.4 Å². The van der Waals surface area contributed by atoms with Crippen LogP contribution < -0.4 is 10.5 Å². The van der Waals surface area contributed by atoms with Crippen LogP contribution >= 0.6 is 11.3 Å². The largest absolute Gasteiger partial charge is 0.431 e. The first kappa shape index (κ1) is 27.2. The molecule has 3 aromatic carbocycles. The second-order valence-corrected chi connectivity index (χ2v) is 10.9. The molecule has 0 radical (unpaired) electrons. The summed E-state index contributed by atoms with van der Waals surface area (Å²) in [4.78, 5) is 3.94. The summed E-state index contributed by atoms with van der Waals surface area (Å²) in [5.41, 5.74) is 1.07. The fraction of sp³-hybridized carbons (Fsp3) is 0.111. The summed E-state index contributed by atoms with van der Waals surface area (Å²) in [6.45, 7) is 1.67. The van der Waals surface area contributed by atoms with E-state index in [2.05, 4.69) is 10.3 Å². The number of nitrogens with zero attached hydrogens (tertiary/aromatic N) is 1. The number of sulfonamides is 1. The van der Waals surface area contributed by atoms with Gasteiger partial charge in [-0.3, -0.25) is 5.41 Å². The number of nitrogens with two attached hydrogens (primary N) is 1. The van der Waals surface area contributed by atoms with Gasteiger partial charge in [-0.05, 0) is 41.8 Å². The van der Waals surface area contributed by atoms with E-state index < -0.39 is 21.9 Å². The maximum Gasteiger partial charge on any atom is 0.431 e. The van der Waals surface area contributed by atoms with Gasteiger partial charge in [0, 0.05) is 22.9 Å². The van der Waals surface area contributed by atoms with Crippen molar-refractivity contribution in [2.75, 3.05) is 5.32 Å². The van der Waals surface area contributed by atoms with E-state index in [1.165, 1.54) is 24.3 Å². The molecule has 38 heavy (non-hydrogen) atoms. The van der Waals surface area contributed by atoms with Gasteiger partial charge in [-0.15, -0.1) is 11.3 Å². The molecule has 196 valence electrons. The molecular formula is C27H23F3N4O2S2. The number of aromatic nitrogens is 1. The van der Waals surface area contributed by atoms with Crippen molar-refractivity contribution in [3.63, 3.8) is 0 Å². The average molecular weight is 557 g/mol. The van der Waals surface area contributed by atoms with Gasteiger partial charge in [0.1, 0.15) is 5.70 Å². The summed E-state index contributed by atoms with van der Waals surface area (Å²) in [6, 6.07) is 21.3. The van der Waals surface area contributed by atoms with Gasteiger partial charge in [0.05, 0.1) is 16.3 Å². The molecular weight excluding hydrogens is 533 g/mol. The predicted molar refractivity (Wildman–Crippen MR) is 144 cm³/mol. The lowest BCUT2D eigenvalue weighted by Crippen LogP contribution is -2.25. The summed E-state index contributed by atoms with van der Waals surface area (Å²) in [5, 5.41) is 18.1. The lowest BCUT2D eigenvalue weighted by molar-refractivity contribution is -0.0908. The van der Waals surface area contributed by atoms with Crippen molar-refractivity contribution in [1.29, 1.82) is 5.41 Å². The van der Waals surface area contributed by atoms with Crippen LogP contribution in [0.1, 0.15) is 16.8 Å². The molecule has 11 heteroatoms. The quantitative estimate of drug-likeness (QED) is 0.221. The zero-order valence-electron chi connectivity index (χ0n) is 20.1. The van der Waals surface area contributed by atoms with Crippen LogP contribution in [0.5, 0.6) is 0 Å². The molecule has 0 aliphatic heterocycles. The molecule has 0 amide bonds. The fourth-order valence-electron chi connectivity index (χ4n) is 3.80. The maximum atomic E-state index is 14.5. The predicted octanol–water partition coefficient (Wildman–Crippen LogP) is 6.30. The number of hydrogen-bond acceptors (Lipinski definition) is 6. The van der Waals surface area contributed by atoms with Gasteiger partial charge in [0.15, 0.2) is 5.13 Å². The fourth-order valence-corrected chi connectivity index (χ4v) is 5.01. The zero-order valence-corrected chi connectivity index (χ0v) is 21.7. The molecule has 6 nitrogen and oxygen atoms in total. The summed E-state index contributed by atoms with van der Waals surface area (Å²) in [7, 11) is -3.97. The van der Waals surface area contributed by atoms with E-state index in [4.69, 9.17) is 10.5 Å². The van der Waals surface area contributed by atoms with Gasteiger partial charge in [-0.1, -0.05) is 60.7 Å². The molecule has 0 bridgehead atoms. The standard InChI is InChI=1S/C27H23F3N4O2S2/c1-17-16-37-26(33-17)34-25(27(28,29)30)23(14-18-10-12-22(13-11-18)38(32,35)36)24(31)21-9-5-8-20(15-21)19-6-3-2-4-7-19/h2-13,15-16,31H,14H2,1H3,(H,33,34)(H2,32,35,36)/b25-23-,31-24?. The molecule has 0 fully saturated rings. The number of aryl methyl sites for hydroxylation is 1. The number of nitrogens with one attached hydrogen (secondary N) is 2. The second kappa shape index (κ2) is 10.9. The normalized spacial score (nSPS) is 12.7. The summed E-state index contributed by atoms with van der Waals surface area (Å²) < 4.78 is 66.7. The van der Waals surface area contributed by atoms with Crippen LogP contribution in [0, 0.1) is 12.3 Å². The number of halogens is 3. The Balaban J connectivity index is 1.83. The highest BCUT2D eigenvalue weighted by Gasteiger charge is 2.38. The number of benzene rings is 3. The van der Waals surface area contributed by atoms with Crippen molar-refractivity contribution in [3.05, 3.63) is 112 Å². The number of alkyl halides is 3. The molecule has 0 unspecified atom stereocenters. The Labute approximate surface area is 222 Å². The van der Waals surface area contributed by atoms with Crippen molar-refractivity contribution in [1.82, 2.24) is 4.98 Å². The molecule has 1 aromatic heterocycles. The van der Waals surface area contributed by atoms with Crippen LogP contribution in [-0.4, -0.2) is 25.3 Å². The van der Waals surface area contributed by atoms with Gasteiger partial charge < -0.3 is 5.32 Å². The third-order valence-electron chi connectivity index (χ3n) is 5.63. The van der Waals surface area contributed by atoms with E-state index >= 15 is 0 Å². The zero-order chi connectivity index (χ0) is 27.5. The van der Waals surface area contributed by atoms with Crippen LogP contribution in [0.15, 0.2) is 100 Å². The molecule has 0 aliphatic rings. The molecule has 0 spiro atoms. The molecule has 4 rings (SSSR count). The van der Waals surface area contributed by atoms with Gasteiger partial charge in [0.2, 0.25) is 10.0 Å². The Morgan fingerprint density at radius 1 is 1.00 bits per heavy atom. The third-order valence-corrected chi connectivity index (χ3v) is 7.43. The van der Waals surface area contributed by atoms with E-state index in [0.717, 1.165) is 22.5 Å². The van der Waals surface area contributed by atoms with Crippen molar-refractivity contribution in [2.24, 2.45) is 5.14 Å². The molecule has 0 saturated heterocycles. The van der Waals surface area contributed by atoms with Crippen LogP contribution in [0.4, 0.5) is 18.3 Å². The van der Waals surface area contributed by atoms with Gasteiger partial charge in [-0.25, -0.2) is 18.5 Å². The number of rotatable bonds is 8. The number of primary sulfonamides is 1. The summed E-state index contributed by atoms with van der Waals surface area (Å²) in [5.74, 6) is 0. The topological polar surface area (TPSA) is 109 Å². The smallest absolute Gasteiger partial charge is 0.327 e. The van der Waals surface area contributed by atoms with Gasteiger partial charge >= 0.3 is 6.18 Å². The van der Waals surface area contributed by atoms with Gasteiger partial charge in [-0.2, -0.15) is 13.2 Å². The molecule has 1 heterocycles. The Morgan fingerprint density at radius 2 is 1.66 bits per heavy atom. The Hall–Kier alpha value is -3.80. The third kappa shape index (κ3) is 6.55. The lowest BCUT2D eigenvalue weighted by atomic mass is 9.92. The van der Waals surface area contributed by atoms with Crippen molar-refractivity contribution >= 4 is 32.2 Å². The van der Waals surface area contributed by atoms with Crippen LogP contribution in [0.25, 0.3) is 11.1 Å². The van der Waals surface area contributed by atoms with Crippen molar-refractivity contribution in [2.45, 2.75) is 24.4 Å². The number of thiazole rings is 1. The Morgan fingerprint density at radius 3 is 2.24 bits per heavy atom. The van der Waals surface area contributed by atoms with E-state index in [-0.39, 0.29) is 27.7 Å². The minimum absolute atomic E-state index is 0.0442. The molecule has 0 saturated carbocycles. The average Bonchev–Trinajstić information content (AvgIpc) is 3.30. The Bertz CT molecular complexity index is 1600. The first-order valence-electron chi connectivity index (χ1n) is 11.3. The molecule has 4 aromatic rings. The second-order valence-electron chi connectivity index (χ2n) is 8.46. The highest BCUT2D eigenvalue weighted by atomic mass is 32.2. The summed E-state index contributed by atoms with van der Waals surface area (Å²) >= 11 is 1.02. The highest BCUT2D eigenvalue weighted by Crippen LogP contribution is 2.34. The molecule has 0 atom stereocenters. The lowest BCUT2D eigenvalue weighted by Gasteiger charge is -2.20. The van der Waals surface area contributed by atoms with Crippen LogP contribution in [0.2, 0.25) is 0 Å². The van der Waals surface area contributed by atoms with Crippen molar-refractivity contribution in [3.8, 4) is 11.1 Å². The van der Waals surface area contributed by atoms with E-state index in [1.54, 1.807) is 30.5 Å². The number of allylic oxidation sites excluding steroid dienone is 2. The van der Waals surface area contributed by atoms with Crippen LogP contribution in [0.3, 0.4) is 0 Å². The summed E-state index contributed by atoms with van der Waals surface area (Å²) in [6.07, 6.45) is -5.13. The molecule has 4 N–H and O–H groups in total. The minimum atomic E-state index is -4.83. The Kier molecular flexibility index (Phi) is 7.81. The van der Waals surface area contributed by atoms with E-state index in [0.29, 0.717) is 16.8 Å². The minimum Gasteiger partial charge on any atom is -0.327 e. The van der Waals surface area contributed by atoms with Gasteiger partial charge in [0.25, 0.3) is 0 Å². The molecule has 0 aliphatic carbocycles. The first-order valence-corrected chi connectivity index (χ1v) is 13.7. The highest BCUT2D eigenvalue weighted by molar-refractivity contribution is 7.89. The maximum absolute atomic E-state index is 14.5. The number of hydrogen-bond donors (Lipinski definition) is 3. The van der Waals surface area contributed by atoms with Crippen LogP contribution in [-0.2, 0) is 16.4 Å². The number of anilines is 1.